The number of aromatic amines is 1. The number of nitrogens with zero attached hydrogens (tertiary/aromatic N) is 2. The van der Waals surface area contributed by atoms with E-state index in [1.54, 1.807) is 11.9 Å². The first-order chi connectivity index (χ1) is 10.8. The van der Waals surface area contributed by atoms with Gasteiger partial charge in [0.1, 0.15) is 17.6 Å². The van der Waals surface area contributed by atoms with E-state index in [2.05, 4.69) is 10.2 Å². The molecule has 23 heavy (non-hydrogen) atoms. The molecule has 2 N–H and O–H groups in total. The molecule has 1 aromatic carbocycles. The molecule has 0 unspecified atom stereocenters. The number of ether oxygens (including phenoxy) is 1. The Labute approximate surface area is 133 Å². The van der Waals surface area contributed by atoms with Crippen LogP contribution in [0.25, 0.3) is 0 Å². The summed E-state index contributed by atoms with van der Waals surface area (Å²) >= 11 is 0. The Kier molecular flexibility index (Phi) is 5.00. The SMILES string of the molecule is COc1cc(F)ccc1[C@H](C(=O)O)N(C)Cc1c(C)n[nH]c1C. The number of halogens is 1. The Hall–Kier alpha value is -2.41. The lowest BCUT2D eigenvalue weighted by Crippen LogP contribution is -2.31. The zero-order valence-corrected chi connectivity index (χ0v) is 13.6. The van der Waals surface area contributed by atoms with Gasteiger partial charge in [-0.2, -0.15) is 5.10 Å². The smallest absolute Gasteiger partial charge is 0.325 e. The Morgan fingerprint density at radius 1 is 1.48 bits per heavy atom. The summed E-state index contributed by atoms with van der Waals surface area (Å²) in [7, 11) is 3.09. The van der Waals surface area contributed by atoms with E-state index in [1.807, 2.05) is 13.8 Å². The first-order valence-corrected chi connectivity index (χ1v) is 7.12. The van der Waals surface area contributed by atoms with Gasteiger partial charge in [0, 0.05) is 29.4 Å². The zero-order chi connectivity index (χ0) is 17.1. The molecular weight excluding hydrogens is 301 g/mol. The first-order valence-electron chi connectivity index (χ1n) is 7.12. The highest BCUT2D eigenvalue weighted by atomic mass is 19.1. The van der Waals surface area contributed by atoms with Crippen molar-refractivity contribution >= 4 is 5.97 Å². The van der Waals surface area contributed by atoms with Crippen LogP contribution in [0.15, 0.2) is 18.2 Å². The van der Waals surface area contributed by atoms with Crippen LogP contribution in [0.2, 0.25) is 0 Å². The van der Waals surface area contributed by atoms with Crippen molar-refractivity contribution in [2.75, 3.05) is 14.2 Å². The molecule has 0 radical (unpaired) electrons. The van der Waals surface area contributed by atoms with E-state index in [0.717, 1.165) is 17.0 Å². The summed E-state index contributed by atoms with van der Waals surface area (Å²) in [5.74, 6) is -1.29. The molecule has 6 nitrogen and oxygen atoms in total. The fourth-order valence-corrected chi connectivity index (χ4v) is 2.62. The van der Waals surface area contributed by atoms with E-state index in [4.69, 9.17) is 4.74 Å². The lowest BCUT2D eigenvalue weighted by molar-refractivity contribution is -0.143. The van der Waals surface area contributed by atoms with E-state index in [0.29, 0.717) is 12.1 Å². The van der Waals surface area contributed by atoms with E-state index in [9.17, 15) is 14.3 Å². The minimum absolute atomic E-state index is 0.213. The number of H-pyrrole nitrogens is 1. The molecule has 124 valence electrons. The Morgan fingerprint density at radius 2 is 2.17 bits per heavy atom. The number of aromatic nitrogens is 2. The van der Waals surface area contributed by atoms with Gasteiger partial charge in [0.15, 0.2) is 0 Å². The Bertz CT molecular complexity index is 695. The highest BCUT2D eigenvalue weighted by Crippen LogP contribution is 2.31. The number of benzene rings is 1. The highest BCUT2D eigenvalue weighted by molar-refractivity contribution is 5.76. The van der Waals surface area contributed by atoms with Crippen molar-refractivity contribution in [1.29, 1.82) is 0 Å². The molecule has 0 aliphatic carbocycles. The van der Waals surface area contributed by atoms with Crippen LogP contribution >= 0.6 is 0 Å². The maximum absolute atomic E-state index is 13.4. The van der Waals surface area contributed by atoms with Crippen LogP contribution in [-0.4, -0.2) is 40.3 Å². The molecule has 2 aromatic rings. The molecule has 0 aliphatic heterocycles. The number of carboxylic acids is 1. The number of hydrogen-bond acceptors (Lipinski definition) is 4. The maximum atomic E-state index is 13.4. The van der Waals surface area contributed by atoms with Gasteiger partial charge >= 0.3 is 5.97 Å². The van der Waals surface area contributed by atoms with E-state index < -0.39 is 17.8 Å². The summed E-state index contributed by atoms with van der Waals surface area (Å²) in [4.78, 5) is 13.4. The van der Waals surface area contributed by atoms with E-state index >= 15 is 0 Å². The van der Waals surface area contributed by atoms with E-state index in [1.165, 1.54) is 25.3 Å². The molecule has 2 rings (SSSR count). The normalized spacial score (nSPS) is 12.4. The lowest BCUT2D eigenvalue weighted by Gasteiger charge is -2.26. The van der Waals surface area contributed by atoms with Gasteiger partial charge in [0.05, 0.1) is 12.8 Å². The van der Waals surface area contributed by atoms with Gasteiger partial charge in [-0.1, -0.05) is 6.07 Å². The summed E-state index contributed by atoms with van der Waals surface area (Å²) in [6.45, 7) is 4.14. The van der Waals surface area contributed by atoms with Crippen molar-refractivity contribution in [3.63, 3.8) is 0 Å². The molecular formula is C16H20FN3O3. The van der Waals surface area contributed by atoms with Crippen LogP contribution in [0.5, 0.6) is 5.75 Å². The average molecular weight is 321 g/mol. The first kappa shape index (κ1) is 17.0. The number of rotatable bonds is 6. The van der Waals surface area contributed by atoms with Crippen LogP contribution in [0.3, 0.4) is 0 Å². The number of carbonyl (C=O) groups is 1. The lowest BCUT2D eigenvalue weighted by atomic mass is 10.0. The van der Waals surface area contributed by atoms with Gasteiger partial charge in [0.25, 0.3) is 0 Å². The van der Waals surface area contributed by atoms with Crippen molar-refractivity contribution in [3.05, 3.63) is 46.5 Å². The van der Waals surface area contributed by atoms with Gasteiger partial charge < -0.3 is 9.84 Å². The molecule has 7 heteroatoms. The summed E-state index contributed by atoms with van der Waals surface area (Å²) in [5.41, 5.74) is 3.07. The number of nitrogens with one attached hydrogen (secondary N) is 1. The second kappa shape index (κ2) is 6.78. The van der Waals surface area contributed by atoms with Crippen LogP contribution in [0.4, 0.5) is 4.39 Å². The van der Waals surface area contributed by atoms with Crippen molar-refractivity contribution in [2.24, 2.45) is 0 Å². The Morgan fingerprint density at radius 3 is 2.70 bits per heavy atom. The quantitative estimate of drug-likeness (QED) is 0.854. The van der Waals surface area contributed by atoms with Crippen molar-refractivity contribution < 1.29 is 19.0 Å². The molecule has 0 amide bonds. The summed E-state index contributed by atoms with van der Waals surface area (Å²) in [6, 6.07) is 2.90. The largest absolute Gasteiger partial charge is 0.496 e. The van der Waals surface area contributed by atoms with Crippen molar-refractivity contribution in [2.45, 2.75) is 26.4 Å². The van der Waals surface area contributed by atoms with Crippen molar-refractivity contribution in [1.82, 2.24) is 15.1 Å². The molecule has 0 aliphatic rings. The molecule has 1 aromatic heterocycles. The minimum atomic E-state index is -1.03. The standard InChI is InChI=1S/C16H20FN3O3/c1-9-13(10(2)19-18-9)8-20(3)15(16(21)22)12-6-5-11(17)7-14(12)23-4/h5-7,15H,8H2,1-4H3,(H,18,19)(H,21,22)/t15-/m1/s1. The molecule has 1 atom stereocenters. The topological polar surface area (TPSA) is 78.5 Å². The highest BCUT2D eigenvalue weighted by Gasteiger charge is 2.29. The van der Waals surface area contributed by atoms with E-state index in [-0.39, 0.29) is 5.75 Å². The Balaban J connectivity index is 2.37. The number of hydrogen-bond donors (Lipinski definition) is 2. The van der Waals surface area contributed by atoms with Gasteiger partial charge in [-0.25, -0.2) is 4.39 Å². The minimum Gasteiger partial charge on any atom is -0.496 e. The number of aryl methyl sites for hydroxylation is 2. The molecule has 0 saturated carbocycles. The second-order valence-electron chi connectivity index (χ2n) is 5.45. The van der Waals surface area contributed by atoms with Crippen LogP contribution in [0, 0.1) is 19.7 Å². The number of aliphatic carboxylic acids is 1. The number of likely N-dealkylation sites (N-methyl/N-ethyl adjacent to an activating group) is 1. The summed E-state index contributed by atoms with van der Waals surface area (Å²) in [5, 5.41) is 16.6. The van der Waals surface area contributed by atoms with Crippen LogP contribution in [0.1, 0.15) is 28.6 Å². The maximum Gasteiger partial charge on any atom is 0.325 e. The monoisotopic (exact) mass is 321 g/mol. The van der Waals surface area contributed by atoms with Crippen LogP contribution in [-0.2, 0) is 11.3 Å². The summed E-state index contributed by atoms with van der Waals surface area (Å²) in [6.07, 6.45) is 0. The third-order valence-corrected chi connectivity index (χ3v) is 3.85. The fourth-order valence-electron chi connectivity index (χ4n) is 2.62. The fraction of sp³-hybridized carbons (Fsp3) is 0.375. The predicted octanol–water partition coefficient (Wildman–Crippen LogP) is 2.43. The molecule has 0 spiro atoms. The van der Waals surface area contributed by atoms with Gasteiger partial charge in [-0.15, -0.1) is 0 Å². The zero-order valence-electron chi connectivity index (χ0n) is 13.6. The van der Waals surface area contributed by atoms with Crippen molar-refractivity contribution in [3.8, 4) is 5.75 Å². The summed E-state index contributed by atoms with van der Waals surface area (Å²) < 4.78 is 18.5. The molecule has 0 bridgehead atoms. The second-order valence-corrected chi connectivity index (χ2v) is 5.45. The third-order valence-electron chi connectivity index (χ3n) is 3.85. The predicted molar refractivity (Wildman–Crippen MR) is 82.9 cm³/mol. The number of methoxy groups -OCH3 is 1. The van der Waals surface area contributed by atoms with Crippen LogP contribution < -0.4 is 4.74 Å². The molecule has 0 saturated heterocycles. The molecule has 1 heterocycles. The van der Waals surface area contributed by atoms with Gasteiger partial charge in [-0.05, 0) is 27.0 Å². The third kappa shape index (κ3) is 3.50. The van der Waals surface area contributed by atoms with Gasteiger partial charge in [0.2, 0.25) is 0 Å². The number of carboxylic acid groups (broad SMARTS) is 1. The molecule has 0 fully saturated rings. The average Bonchev–Trinajstić information content (AvgIpc) is 2.80. The van der Waals surface area contributed by atoms with Gasteiger partial charge in [-0.3, -0.25) is 14.8 Å².